The molecule has 5 rings (SSSR count). The lowest BCUT2D eigenvalue weighted by atomic mass is 9.88. The van der Waals surface area contributed by atoms with Gasteiger partial charge in [0, 0.05) is 10.6 Å². The van der Waals surface area contributed by atoms with Crippen LogP contribution in [0.2, 0.25) is 0 Å². The number of aliphatic carboxylic acids is 1. The van der Waals surface area contributed by atoms with Gasteiger partial charge in [-0.2, -0.15) is 0 Å². The van der Waals surface area contributed by atoms with Crippen molar-refractivity contribution in [1.29, 1.82) is 0 Å². The summed E-state index contributed by atoms with van der Waals surface area (Å²) >= 11 is 2.72. The summed E-state index contributed by atoms with van der Waals surface area (Å²) < 4.78 is 0.881. The number of rotatable bonds is 3. The fraction of sp³-hybridized carbons (Fsp3) is 0.222. The molecule has 0 spiro atoms. The number of benzene rings is 1. The number of nitrogens with zero attached hydrogens (tertiary/aromatic N) is 2. The molecule has 1 atom stereocenters. The number of aromatic amines is 1. The summed E-state index contributed by atoms with van der Waals surface area (Å²) in [6.45, 7) is 0. The van der Waals surface area contributed by atoms with Crippen molar-refractivity contribution in [1.82, 2.24) is 15.0 Å². The van der Waals surface area contributed by atoms with E-state index in [4.69, 9.17) is 0 Å². The second-order valence-electron chi connectivity index (χ2n) is 6.53. The number of hydrogen-bond acceptors (Lipinski definition) is 7. The maximum absolute atomic E-state index is 11.5. The topological polar surface area (TPSA) is 108 Å². The van der Waals surface area contributed by atoms with Crippen molar-refractivity contribution in [3.63, 3.8) is 0 Å². The van der Waals surface area contributed by atoms with Gasteiger partial charge in [0.1, 0.15) is 17.0 Å². The molecule has 1 aliphatic rings. The molecule has 9 heteroatoms. The van der Waals surface area contributed by atoms with Crippen LogP contribution in [-0.2, 0) is 17.6 Å². The third kappa shape index (κ3) is 2.79. The number of H-pyrrole nitrogens is 1. The number of carboxylic acid groups (broad SMARTS) is 1. The van der Waals surface area contributed by atoms with Crippen molar-refractivity contribution in [2.75, 3.05) is 5.32 Å². The minimum Gasteiger partial charge on any atom is -0.481 e. The number of hydrogen-bond donors (Lipinski definition) is 3. The Balaban J connectivity index is 1.57. The van der Waals surface area contributed by atoms with Gasteiger partial charge in [-0.1, -0.05) is 11.3 Å². The number of nitrogens with one attached hydrogen (secondary N) is 2. The molecule has 4 aromatic rings. The van der Waals surface area contributed by atoms with Crippen LogP contribution in [0.5, 0.6) is 0 Å². The van der Waals surface area contributed by atoms with Crippen LogP contribution in [0.1, 0.15) is 16.9 Å². The highest BCUT2D eigenvalue weighted by Crippen LogP contribution is 2.40. The van der Waals surface area contributed by atoms with Crippen LogP contribution in [0.4, 0.5) is 11.5 Å². The zero-order valence-corrected chi connectivity index (χ0v) is 15.6. The maximum atomic E-state index is 11.5. The lowest BCUT2D eigenvalue weighted by molar-refractivity contribution is -0.142. The quantitative estimate of drug-likeness (QED) is 0.487. The molecule has 3 aromatic heterocycles. The van der Waals surface area contributed by atoms with E-state index in [2.05, 4.69) is 20.3 Å². The van der Waals surface area contributed by atoms with Gasteiger partial charge in [-0.25, -0.2) is 9.97 Å². The Morgan fingerprint density at radius 3 is 3.04 bits per heavy atom. The highest BCUT2D eigenvalue weighted by atomic mass is 32.1. The van der Waals surface area contributed by atoms with E-state index in [0.717, 1.165) is 36.6 Å². The summed E-state index contributed by atoms with van der Waals surface area (Å²) in [7, 11) is 0. The zero-order chi connectivity index (χ0) is 18.5. The molecule has 0 bridgehead atoms. The molecule has 27 heavy (non-hydrogen) atoms. The molecule has 0 saturated carbocycles. The molecule has 0 aliphatic heterocycles. The van der Waals surface area contributed by atoms with E-state index in [-0.39, 0.29) is 10.8 Å². The molecule has 7 nitrogen and oxygen atoms in total. The van der Waals surface area contributed by atoms with Crippen LogP contribution < -0.4 is 10.2 Å². The molecular weight excluding hydrogens is 384 g/mol. The molecule has 0 saturated heterocycles. The Morgan fingerprint density at radius 1 is 1.30 bits per heavy atom. The Bertz CT molecular complexity index is 1260. The molecule has 3 N–H and O–H groups in total. The van der Waals surface area contributed by atoms with Crippen molar-refractivity contribution < 1.29 is 9.90 Å². The summed E-state index contributed by atoms with van der Waals surface area (Å²) in [6.07, 6.45) is 3.42. The van der Waals surface area contributed by atoms with Crippen LogP contribution in [0.3, 0.4) is 0 Å². The molecule has 136 valence electrons. The molecular formula is C18H14N4O3S2. The van der Waals surface area contributed by atoms with Crippen LogP contribution in [0.15, 0.2) is 29.3 Å². The van der Waals surface area contributed by atoms with Crippen molar-refractivity contribution >= 4 is 60.6 Å². The number of carbonyl (C=O) groups is 1. The van der Waals surface area contributed by atoms with Crippen molar-refractivity contribution in [2.45, 2.75) is 19.3 Å². The van der Waals surface area contributed by atoms with Gasteiger partial charge >= 0.3 is 10.8 Å². The lowest BCUT2D eigenvalue weighted by Gasteiger charge is -2.18. The standard InChI is InChI=1S/C18H14N4O3S2/c23-17(24)8-1-3-10-12(5-8)26-16-14(10)15(19-7-20-16)21-9-2-4-11-13(6-9)27-18(25)22-11/h2,4,6-8H,1,3,5H2,(H,22,25)(H,23,24)(H,19,20,21)/t8-/m1/s1. The number of aryl methyl sites for hydroxylation is 1. The largest absolute Gasteiger partial charge is 0.481 e. The van der Waals surface area contributed by atoms with Gasteiger partial charge in [-0.3, -0.25) is 9.59 Å². The van der Waals surface area contributed by atoms with Crippen LogP contribution in [0.25, 0.3) is 20.4 Å². The second-order valence-corrected chi connectivity index (χ2v) is 8.63. The summed E-state index contributed by atoms with van der Waals surface area (Å²) in [5.41, 5.74) is 2.82. The number of carboxylic acids is 1. The van der Waals surface area contributed by atoms with E-state index >= 15 is 0 Å². The summed E-state index contributed by atoms with van der Waals surface area (Å²) in [5, 5.41) is 13.6. The highest BCUT2D eigenvalue weighted by Gasteiger charge is 2.28. The molecule has 0 amide bonds. The van der Waals surface area contributed by atoms with Crippen molar-refractivity contribution in [3.05, 3.63) is 44.6 Å². The number of thiazole rings is 1. The minimum atomic E-state index is -0.735. The molecule has 0 fully saturated rings. The summed E-state index contributed by atoms with van der Waals surface area (Å²) in [4.78, 5) is 36.3. The lowest BCUT2D eigenvalue weighted by Crippen LogP contribution is -2.21. The predicted octanol–water partition coefficient (Wildman–Crippen LogP) is 3.53. The Labute approximate surface area is 160 Å². The van der Waals surface area contributed by atoms with Gasteiger partial charge in [-0.05, 0) is 43.0 Å². The van der Waals surface area contributed by atoms with Gasteiger partial charge in [0.15, 0.2) is 0 Å². The normalized spacial score (nSPS) is 16.5. The van der Waals surface area contributed by atoms with E-state index in [1.54, 1.807) is 11.3 Å². The number of aromatic nitrogens is 3. The van der Waals surface area contributed by atoms with E-state index in [9.17, 15) is 14.7 Å². The van der Waals surface area contributed by atoms with E-state index < -0.39 is 5.97 Å². The van der Waals surface area contributed by atoms with Gasteiger partial charge in [0.05, 0.1) is 21.5 Å². The monoisotopic (exact) mass is 398 g/mol. The third-order valence-corrected chi connectivity index (χ3v) is 6.89. The van der Waals surface area contributed by atoms with Crippen LogP contribution in [-0.4, -0.2) is 26.0 Å². The average Bonchev–Trinajstić information content (AvgIpc) is 3.20. The Kier molecular flexibility index (Phi) is 3.73. The van der Waals surface area contributed by atoms with Gasteiger partial charge in [-0.15, -0.1) is 11.3 Å². The average molecular weight is 398 g/mol. The molecule has 1 aromatic carbocycles. The van der Waals surface area contributed by atoms with Crippen molar-refractivity contribution in [2.24, 2.45) is 5.92 Å². The number of fused-ring (bicyclic) bond motifs is 4. The summed E-state index contributed by atoms with van der Waals surface area (Å²) in [5.74, 6) is -0.344. The van der Waals surface area contributed by atoms with Crippen LogP contribution >= 0.6 is 22.7 Å². The Hall–Kier alpha value is -2.78. The van der Waals surface area contributed by atoms with Gasteiger partial charge in [0.25, 0.3) is 0 Å². The van der Waals surface area contributed by atoms with E-state index in [1.807, 2.05) is 18.2 Å². The molecule has 0 radical (unpaired) electrons. The molecule has 1 aliphatic carbocycles. The fourth-order valence-electron chi connectivity index (χ4n) is 3.58. The smallest absolute Gasteiger partial charge is 0.306 e. The first-order chi connectivity index (χ1) is 13.1. The van der Waals surface area contributed by atoms with Crippen molar-refractivity contribution in [3.8, 4) is 0 Å². The third-order valence-electron chi connectivity index (χ3n) is 4.88. The number of anilines is 2. The first-order valence-electron chi connectivity index (χ1n) is 8.46. The second kappa shape index (κ2) is 6.14. The maximum Gasteiger partial charge on any atom is 0.306 e. The summed E-state index contributed by atoms with van der Waals surface area (Å²) in [6, 6.07) is 5.69. The Morgan fingerprint density at radius 2 is 2.19 bits per heavy atom. The van der Waals surface area contributed by atoms with Gasteiger partial charge < -0.3 is 15.4 Å². The zero-order valence-electron chi connectivity index (χ0n) is 14.0. The highest BCUT2D eigenvalue weighted by molar-refractivity contribution is 7.19. The molecule has 0 unspecified atom stereocenters. The predicted molar refractivity (Wildman–Crippen MR) is 106 cm³/mol. The van der Waals surface area contributed by atoms with E-state index in [0.29, 0.717) is 25.1 Å². The number of thiophene rings is 1. The first-order valence-corrected chi connectivity index (χ1v) is 10.1. The minimum absolute atomic E-state index is 0.0773. The SMILES string of the molecule is O=C(O)[C@@H]1CCc2c(sc3ncnc(Nc4ccc5[nH]c(=O)sc5c4)c23)C1. The fourth-order valence-corrected chi connectivity index (χ4v) is 5.62. The first kappa shape index (κ1) is 16.4. The molecule has 3 heterocycles. The van der Waals surface area contributed by atoms with E-state index in [1.165, 1.54) is 17.7 Å². The van der Waals surface area contributed by atoms with Gasteiger partial charge in [0.2, 0.25) is 0 Å². The van der Waals surface area contributed by atoms with Crippen LogP contribution in [0, 0.1) is 5.92 Å².